The third-order valence-electron chi connectivity index (χ3n) is 3.32. The van der Waals surface area contributed by atoms with Crippen molar-refractivity contribution in [1.82, 2.24) is 14.9 Å². The molecule has 1 atom stereocenters. The quantitative estimate of drug-likeness (QED) is 0.867. The predicted octanol–water partition coefficient (Wildman–Crippen LogP) is 2.17. The van der Waals surface area contributed by atoms with E-state index < -0.39 is 0 Å². The summed E-state index contributed by atoms with van der Waals surface area (Å²) < 4.78 is 0. The molecule has 0 saturated carbocycles. The lowest BCUT2D eigenvalue weighted by molar-refractivity contribution is 0.289. The summed E-state index contributed by atoms with van der Waals surface area (Å²) >= 11 is 0. The Morgan fingerprint density at radius 2 is 2.11 bits per heavy atom. The van der Waals surface area contributed by atoms with Gasteiger partial charge in [-0.25, -0.2) is 9.97 Å². The lowest BCUT2D eigenvalue weighted by Crippen LogP contribution is -2.26. The molecule has 4 heteroatoms. The molecule has 2 rings (SSSR count). The molecule has 1 unspecified atom stereocenters. The van der Waals surface area contributed by atoms with Gasteiger partial charge in [0.2, 0.25) is 5.95 Å². The van der Waals surface area contributed by atoms with E-state index in [4.69, 9.17) is 0 Å². The van der Waals surface area contributed by atoms with Crippen molar-refractivity contribution in [2.45, 2.75) is 27.2 Å². The number of hydrogen-bond acceptors (Lipinski definition) is 4. The van der Waals surface area contributed by atoms with Gasteiger partial charge < -0.3 is 10.2 Å². The van der Waals surface area contributed by atoms with Crippen LogP contribution in [-0.4, -0.2) is 41.0 Å². The summed E-state index contributed by atoms with van der Waals surface area (Å²) in [6.07, 6.45) is 5.00. The van der Waals surface area contributed by atoms with Crippen molar-refractivity contribution in [1.29, 1.82) is 0 Å². The highest BCUT2D eigenvalue weighted by molar-refractivity contribution is 5.24. The fourth-order valence-corrected chi connectivity index (χ4v) is 2.48. The van der Waals surface area contributed by atoms with Crippen molar-refractivity contribution < 1.29 is 0 Å². The highest BCUT2D eigenvalue weighted by Gasteiger charge is 2.22. The fraction of sp³-hybridized carbons (Fsp3) is 0.714. The molecule has 0 aliphatic carbocycles. The Labute approximate surface area is 110 Å². The zero-order chi connectivity index (χ0) is 13.0. The van der Waals surface area contributed by atoms with Crippen LogP contribution in [0.3, 0.4) is 0 Å². The molecule has 0 aromatic carbocycles. The van der Waals surface area contributed by atoms with Crippen molar-refractivity contribution in [3.8, 4) is 0 Å². The predicted molar refractivity (Wildman–Crippen MR) is 74.6 cm³/mol. The Morgan fingerprint density at radius 3 is 2.78 bits per heavy atom. The summed E-state index contributed by atoms with van der Waals surface area (Å²) in [6.45, 7) is 11.2. The maximum Gasteiger partial charge on any atom is 0.222 e. The van der Waals surface area contributed by atoms with Crippen molar-refractivity contribution in [2.24, 2.45) is 11.8 Å². The van der Waals surface area contributed by atoms with Gasteiger partial charge in [-0.2, -0.15) is 0 Å². The third kappa shape index (κ3) is 3.95. The molecular formula is C14H24N4. The van der Waals surface area contributed by atoms with Crippen LogP contribution in [0.2, 0.25) is 0 Å². The normalized spacial score (nSPS) is 20.6. The summed E-state index contributed by atoms with van der Waals surface area (Å²) in [5, 5.41) is 3.34. The molecule has 2 heterocycles. The molecule has 1 aliphatic heterocycles. The van der Waals surface area contributed by atoms with Crippen LogP contribution in [0.1, 0.15) is 25.8 Å². The summed E-state index contributed by atoms with van der Waals surface area (Å²) in [5.74, 6) is 2.24. The zero-order valence-corrected chi connectivity index (χ0v) is 11.7. The molecule has 18 heavy (non-hydrogen) atoms. The molecule has 4 nitrogen and oxygen atoms in total. The second kappa shape index (κ2) is 6.14. The van der Waals surface area contributed by atoms with Crippen LogP contribution in [0, 0.1) is 18.8 Å². The molecule has 1 aromatic rings. The molecule has 1 saturated heterocycles. The van der Waals surface area contributed by atoms with E-state index in [-0.39, 0.29) is 0 Å². The van der Waals surface area contributed by atoms with E-state index in [0.717, 1.165) is 29.9 Å². The van der Waals surface area contributed by atoms with Gasteiger partial charge in [-0.1, -0.05) is 13.8 Å². The summed E-state index contributed by atoms with van der Waals surface area (Å²) in [5.41, 5.74) is 1.10. The molecule has 1 fully saturated rings. The highest BCUT2D eigenvalue weighted by Crippen LogP contribution is 2.17. The zero-order valence-electron chi connectivity index (χ0n) is 11.7. The van der Waals surface area contributed by atoms with Gasteiger partial charge >= 0.3 is 0 Å². The first-order chi connectivity index (χ1) is 8.63. The first-order valence-corrected chi connectivity index (χ1v) is 6.88. The number of hydrogen-bond donors (Lipinski definition) is 1. The highest BCUT2D eigenvalue weighted by atomic mass is 15.2. The molecular weight excluding hydrogens is 224 g/mol. The number of likely N-dealkylation sites (tertiary alicyclic amines) is 1. The number of nitrogens with zero attached hydrogens (tertiary/aromatic N) is 3. The molecule has 1 aromatic heterocycles. The van der Waals surface area contributed by atoms with E-state index >= 15 is 0 Å². The lowest BCUT2D eigenvalue weighted by atomic mass is 10.1. The topological polar surface area (TPSA) is 41.1 Å². The monoisotopic (exact) mass is 248 g/mol. The summed E-state index contributed by atoms with van der Waals surface area (Å²) in [6, 6.07) is 0. The molecule has 100 valence electrons. The summed E-state index contributed by atoms with van der Waals surface area (Å²) in [4.78, 5) is 11.1. The van der Waals surface area contributed by atoms with E-state index in [9.17, 15) is 0 Å². The minimum Gasteiger partial charge on any atom is -0.354 e. The van der Waals surface area contributed by atoms with Crippen LogP contribution in [-0.2, 0) is 0 Å². The number of aromatic nitrogens is 2. The van der Waals surface area contributed by atoms with E-state index in [0.29, 0.717) is 0 Å². The third-order valence-corrected chi connectivity index (χ3v) is 3.32. The van der Waals surface area contributed by atoms with Gasteiger partial charge in [0.15, 0.2) is 0 Å². The molecule has 0 amide bonds. The number of rotatable bonds is 5. The second-order valence-corrected chi connectivity index (χ2v) is 5.77. The minimum atomic E-state index is 0.730. The van der Waals surface area contributed by atoms with E-state index in [1.54, 1.807) is 0 Å². The maximum absolute atomic E-state index is 4.27. The molecule has 1 N–H and O–H groups in total. The average Bonchev–Trinajstić information content (AvgIpc) is 2.75. The smallest absolute Gasteiger partial charge is 0.222 e. The van der Waals surface area contributed by atoms with Crippen molar-refractivity contribution in [3.05, 3.63) is 18.0 Å². The van der Waals surface area contributed by atoms with Crippen molar-refractivity contribution >= 4 is 5.95 Å². The fourth-order valence-electron chi connectivity index (χ4n) is 2.48. The van der Waals surface area contributed by atoms with Gasteiger partial charge in [-0.05, 0) is 37.3 Å². The van der Waals surface area contributed by atoms with Crippen LogP contribution in [0.5, 0.6) is 0 Å². The van der Waals surface area contributed by atoms with E-state index in [1.165, 1.54) is 26.1 Å². The second-order valence-electron chi connectivity index (χ2n) is 5.77. The number of anilines is 1. The van der Waals surface area contributed by atoms with Gasteiger partial charge in [-0.15, -0.1) is 0 Å². The largest absolute Gasteiger partial charge is 0.354 e. The van der Waals surface area contributed by atoms with Gasteiger partial charge in [0.1, 0.15) is 0 Å². The average molecular weight is 248 g/mol. The van der Waals surface area contributed by atoms with Crippen LogP contribution < -0.4 is 5.32 Å². The standard InChI is InChI=1S/C14H24N4/c1-11(2)9-18-5-4-13(10-18)8-17-14-15-6-12(3)7-16-14/h6-7,11,13H,4-5,8-10H2,1-3H3,(H,15,16,17). The number of aryl methyl sites for hydroxylation is 1. The van der Waals surface area contributed by atoms with Gasteiger partial charge in [0, 0.05) is 32.0 Å². The van der Waals surface area contributed by atoms with E-state index in [1.807, 2.05) is 19.3 Å². The molecule has 0 bridgehead atoms. The maximum atomic E-state index is 4.27. The molecule has 1 aliphatic rings. The Bertz CT molecular complexity index is 361. The van der Waals surface area contributed by atoms with Crippen LogP contribution in [0.4, 0.5) is 5.95 Å². The van der Waals surface area contributed by atoms with Crippen molar-refractivity contribution in [3.63, 3.8) is 0 Å². The van der Waals surface area contributed by atoms with Crippen molar-refractivity contribution in [2.75, 3.05) is 31.5 Å². The molecule has 0 spiro atoms. The Kier molecular flexibility index (Phi) is 4.53. The van der Waals surface area contributed by atoms with Gasteiger partial charge in [0.25, 0.3) is 0 Å². The van der Waals surface area contributed by atoms with Crippen LogP contribution in [0.25, 0.3) is 0 Å². The first-order valence-electron chi connectivity index (χ1n) is 6.88. The first kappa shape index (κ1) is 13.3. The minimum absolute atomic E-state index is 0.730. The Morgan fingerprint density at radius 1 is 1.39 bits per heavy atom. The van der Waals surface area contributed by atoms with Crippen LogP contribution >= 0.6 is 0 Å². The Balaban J connectivity index is 1.73. The van der Waals surface area contributed by atoms with Gasteiger partial charge in [0.05, 0.1) is 0 Å². The number of nitrogens with one attached hydrogen (secondary N) is 1. The van der Waals surface area contributed by atoms with E-state index in [2.05, 4.69) is 34.0 Å². The Hall–Kier alpha value is -1.16. The molecule has 0 radical (unpaired) electrons. The SMILES string of the molecule is Cc1cnc(NCC2CCN(CC(C)C)C2)nc1. The van der Waals surface area contributed by atoms with Gasteiger partial charge in [-0.3, -0.25) is 0 Å². The summed E-state index contributed by atoms with van der Waals surface area (Å²) in [7, 11) is 0. The lowest BCUT2D eigenvalue weighted by Gasteiger charge is -2.18. The van der Waals surface area contributed by atoms with Crippen LogP contribution in [0.15, 0.2) is 12.4 Å².